The number of ether oxygens (including phenoxy) is 1. The van der Waals surface area contributed by atoms with Crippen LogP contribution in [0.15, 0.2) is 0 Å². The van der Waals surface area contributed by atoms with Gasteiger partial charge < -0.3 is 15.0 Å². The van der Waals surface area contributed by atoms with Crippen molar-refractivity contribution in [2.24, 2.45) is 5.92 Å². The van der Waals surface area contributed by atoms with Crippen molar-refractivity contribution >= 4 is 0 Å². The molecule has 0 radical (unpaired) electrons. The van der Waals surface area contributed by atoms with Gasteiger partial charge in [-0.3, -0.25) is 0 Å². The molecule has 3 nitrogen and oxygen atoms in total. The first-order valence-corrected chi connectivity index (χ1v) is 5.74. The zero-order chi connectivity index (χ0) is 10.2. The van der Waals surface area contributed by atoms with Crippen molar-refractivity contribution in [2.45, 2.75) is 19.3 Å². The van der Waals surface area contributed by atoms with Gasteiger partial charge in [-0.25, -0.2) is 0 Å². The van der Waals surface area contributed by atoms with E-state index in [-0.39, 0.29) is 0 Å². The molecule has 0 unspecified atom stereocenters. The van der Waals surface area contributed by atoms with Crippen LogP contribution in [0, 0.1) is 5.92 Å². The SMILES string of the molecule is CNCCCN(C)CC1CCOCC1. The third-order valence-electron chi connectivity index (χ3n) is 2.88. The number of nitrogens with one attached hydrogen (secondary N) is 1. The predicted molar refractivity (Wildman–Crippen MR) is 59.6 cm³/mol. The van der Waals surface area contributed by atoms with Gasteiger partial charge in [0.1, 0.15) is 0 Å². The van der Waals surface area contributed by atoms with Gasteiger partial charge in [-0.15, -0.1) is 0 Å². The molecule has 0 aromatic carbocycles. The summed E-state index contributed by atoms with van der Waals surface area (Å²) in [7, 11) is 4.24. The molecule has 0 saturated carbocycles. The lowest BCUT2D eigenvalue weighted by atomic mass is 10.00. The highest BCUT2D eigenvalue weighted by atomic mass is 16.5. The summed E-state index contributed by atoms with van der Waals surface area (Å²) in [6.07, 6.45) is 3.74. The van der Waals surface area contributed by atoms with Crippen LogP contribution in [-0.2, 0) is 4.74 Å². The molecular weight excluding hydrogens is 176 g/mol. The largest absolute Gasteiger partial charge is 0.381 e. The van der Waals surface area contributed by atoms with Crippen LogP contribution in [0.5, 0.6) is 0 Å². The summed E-state index contributed by atoms with van der Waals surface area (Å²) in [5.41, 5.74) is 0. The summed E-state index contributed by atoms with van der Waals surface area (Å²) in [6, 6.07) is 0. The van der Waals surface area contributed by atoms with Gasteiger partial charge in [0.05, 0.1) is 0 Å². The quantitative estimate of drug-likeness (QED) is 0.646. The van der Waals surface area contributed by atoms with Crippen LogP contribution in [0.25, 0.3) is 0 Å². The topological polar surface area (TPSA) is 24.5 Å². The molecule has 14 heavy (non-hydrogen) atoms. The van der Waals surface area contributed by atoms with Crippen LogP contribution in [-0.4, -0.2) is 51.8 Å². The van der Waals surface area contributed by atoms with E-state index in [0.29, 0.717) is 0 Å². The van der Waals surface area contributed by atoms with Crippen molar-refractivity contribution in [1.82, 2.24) is 10.2 Å². The molecule has 1 saturated heterocycles. The van der Waals surface area contributed by atoms with Crippen molar-refractivity contribution in [3.05, 3.63) is 0 Å². The lowest BCUT2D eigenvalue weighted by molar-refractivity contribution is 0.0556. The highest BCUT2D eigenvalue weighted by molar-refractivity contribution is 4.67. The van der Waals surface area contributed by atoms with Gasteiger partial charge in [-0.1, -0.05) is 0 Å². The smallest absolute Gasteiger partial charge is 0.0469 e. The molecule has 1 aliphatic heterocycles. The molecule has 1 rings (SSSR count). The Morgan fingerprint density at radius 1 is 1.36 bits per heavy atom. The van der Waals surface area contributed by atoms with Crippen molar-refractivity contribution in [1.29, 1.82) is 0 Å². The van der Waals surface area contributed by atoms with E-state index in [2.05, 4.69) is 17.3 Å². The highest BCUT2D eigenvalue weighted by Gasteiger charge is 2.15. The van der Waals surface area contributed by atoms with E-state index in [4.69, 9.17) is 4.74 Å². The van der Waals surface area contributed by atoms with Crippen LogP contribution in [0.2, 0.25) is 0 Å². The monoisotopic (exact) mass is 200 g/mol. The van der Waals surface area contributed by atoms with Crippen LogP contribution in [0.1, 0.15) is 19.3 Å². The molecule has 1 N–H and O–H groups in total. The van der Waals surface area contributed by atoms with Crippen LogP contribution >= 0.6 is 0 Å². The zero-order valence-corrected chi connectivity index (χ0v) is 9.59. The molecule has 1 fully saturated rings. The fraction of sp³-hybridized carbons (Fsp3) is 1.00. The Kier molecular flexibility index (Phi) is 6.15. The zero-order valence-electron chi connectivity index (χ0n) is 9.59. The fourth-order valence-corrected chi connectivity index (χ4v) is 1.99. The van der Waals surface area contributed by atoms with Gasteiger partial charge in [0, 0.05) is 19.8 Å². The van der Waals surface area contributed by atoms with E-state index in [9.17, 15) is 0 Å². The first-order chi connectivity index (χ1) is 6.83. The second kappa shape index (κ2) is 7.21. The van der Waals surface area contributed by atoms with E-state index in [1.54, 1.807) is 0 Å². The standard InChI is InChI=1S/C11H24N2O/c1-12-6-3-7-13(2)10-11-4-8-14-9-5-11/h11-12H,3-10H2,1-2H3. The molecule has 0 bridgehead atoms. The molecule has 0 aromatic rings. The molecule has 1 aliphatic rings. The maximum absolute atomic E-state index is 5.35. The van der Waals surface area contributed by atoms with E-state index < -0.39 is 0 Å². The summed E-state index contributed by atoms with van der Waals surface area (Å²) in [5.74, 6) is 0.864. The number of rotatable bonds is 6. The van der Waals surface area contributed by atoms with E-state index in [1.165, 1.54) is 32.4 Å². The van der Waals surface area contributed by atoms with Crippen molar-refractivity contribution in [3.63, 3.8) is 0 Å². The van der Waals surface area contributed by atoms with Gasteiger partial charge in [0.15, 0.2) is 0 Å². The lowest BCUT2D eigenvalue weighted by Crippen LogP contribution is -2.31. The summed E-state index contributed by atoms with van der Waals surface area (Å²) in [5, 5.41) is 3.18. The van der Waals surface area contributed by atoms with Gasteiger partial charge in [0.25, 0.3) is 0 Å². The minimum absolute atomic E-state index is 0.864. The molecule has 84 valence electrons. The van der Waals surface area contributed by atoms with Crippen molar-refractivity contribution in [2.75, 3.05) is 46.9 Å². The summed E-state index contributed by atoms with van der Waals surface area (Å²) in [4.78, 5) is 2.45. The van der Waals surface area contributed by atoms with Gasteiger partial charge in [-0.2, -0.15) is 0 Å². The molecule has 0 atom stereocenters. The third-order valence-corrected chi connectivity index (χ3v) is 2.88. The molecule has 0 aliphatic carbocycles. The summed E-state index contributed by atoms with van der Waals surface area (Å²) >= 11 is 0. The Balaban J connectivity index is 2.03. The predicted octanol–water partition coefficient (Wildman–Crippen LogP) is 0.954. The van der Waals surface area contributed by atoms with E-state index in [1.807, 2.05) is 7.05 Å². The average molecular weight is 200 g/mol. The molecule has 1 heterocycles. The molecule has 3 heteroatoms. The van der Waals surface area contributed by atoms with Crippen molar-refractivity contribution in [3.8, 4) is 0 Å². The van der Waals surface area contributed by atoms with E-state index in [0.717, 1.165) is 25.7 Å². The Morgan fingerprint density at radius 2 is 2.07 bits per heavy atom. The highest BCUT2D eigenvalue weighted by Crippen LogP contribution is 2.15. The summed E-state index contributed by atoms with van der Waals surface area (Å²) < 4.78 is 5.35. The molecular formula is C11H24N2O. The van der Waals surface area contributed by atoms with Gasteiger partial charge in [0.2, 0.25) is 0 Å². The first kappa shape index (κ1) is 12.0. The molecule has 0 spiro atoms. The van der Waals surface area contributed by atoms with Crippen molar-refractivity contribution < 1.29 is 4.74 Å². The Labute approximate surface area is 87.8 Å². The fourth-order valence-electron chi connectivity index (χ4n) is 1.99. The Morgan fingerprint density at radius 3 is 2.71 bits per heavy atom. The average Bonchev–Trinajstić information content (AvgIpc) is 2.20. The lowest BCUT2D eigenvalue weighted by Gasteiger charge is -2.27. The van der Waals surface area contributed by atoms with Crippen LogP contribution in [0.4, 0.5) is 0 Å². The van der Waals surface area contributed by atoms with E-state index >= 15 is 0 Å². The maximum Gasteiger partial charge on any atom is 0.0469 e. The minimum atomic E-state index is 0.864. The molecule has 0 amide bonds. The number of hydrogen-bond donors (Lipinski definition) is 1. The van der Waals surface area contributed by atoms with Crippen LogP contribution < -0.4 is 5.32 Å². The first-order valence-electron chi connectivity index (χ1n) is 5.74. The van der Waals surface area contributed by atoms with Gasteiger partial charge >= 0.3 is 0 Å². The minimum Gasteiger partial charge on any atom is -0.381 e. The number of hydrogen-bond acceptors (Lipinski definition) is 3. The number of nitrogens with zero attached hydrogens (tertiary/aromatic N) is 1. The van der Waals surface area contributed by atoms with Crippen LogP contribution in [0.3, 0.4) is 0 Å². The Hall–Kier alpha value is -0.120. The normalized spacial score (nSPS) is 19.1. The van der Waals surface area contributed by atoms with Gasteiger partial charge in [-0.05, 0) is 52.4 Å². The second-order valence-electron chi connectivity index (χ2n) is 4.28. The second-order valence-corrected chi connectivity index (χ2v) is 4.28. The third kappa shape index (κ3) is 4.94. The Bertz CT molecular complexity index is 135. The maximum atomic E-state index is 5.35. The molecule has 0 aromatic heterocycles. The summed E-state index contributed by atoms with van der Waals surface area (Å²) in [6.45, 7) is 5.51.